The van der Waals surface area contributed by atoms with Gasteiger partial charge in [-0.25, -0.2) is 18.7 Å². The molecule has 0 atom stereocenters. The first kappa shape index (κ1) is 20.5. The summed E-state index contributed by atoms with van der Waals surface area (Å²) >= 11 is 0. The van der Waals surface area contributed by atoms with Crippen LogP contribution in [0.2, 0.25) is 0 Å². The SMILES string of the molecule is C=CCn1c(=O)c2c(ncn2Cc2ccccc2F)n(-c2ccc(C(C)C)cc2)c1=O. The molecule has 0 saturated carbocycles. The minimum absolute atomic E-state index is 0.0581. The van der Waals surface area contributed by atoms with Crippen molar-refractivity contribution < 1.29 is 4.39 Å². The molecule has 2 heterocycles. The van der Waals surface area contributed by atoms with Gasteiger partial charge in [0, 0.05) is 12.1 Å². The normalized spacial score (nSPS) is 11.4. The van der Waals surface area contributed by atoms with Crippen LogP contribution in [-0.2, 0) is 13.1 Å². The Labute approximate surface area is 178 Å². The Hall–Kier alpha value is -3.74. The number of nitrogens with zero attached hydrogens (tertiary/aromatic N) is 4. The monoisotopic (exact) mass is 418 g/mol. The fraction of sp³-hybridized carbons (Fsp3) is 0.208. The predicted molar refractivity (Wildman–Crippen MR) is 119 cm³/mol. The molecule has 31 heavy (non-hydrogen) atoms. The molecule has 0 radical (unpaired) electrons. The maximum atomic E-state index is 14.2. The highest BCUT2D eigenvalue weighted by Gasteiger charge is 2.19. The van der Waals surface area contributed by atoms with Crippen LogP contribution in [0, 0.1) is 5.82 Å². The molecule has 0 aliphatic rings. The zero-order chi connectivity index (χ0) is 22.1. The van der Waals surface area contributed by atoms with Gasteiger partial charge in [0.2, 0.25) is 0 Å². The topological polar surface area (TPSA) is 61.8 Å². The van der Waals surface area contributed by atoms with Gasteiger partial charge >= 0.3 is 5.69 Å². The second-order valence-electron chi connectivity index (χ2n) is 7.70. The van der Waals surface area contributed by atoms with E-state index in [-0.39, 0.29) is 30.1 Å². The van der Waals surface area contributed by atoms with Crippen molar-refractivity contribution in [3.05, 3.63) is 105 Å². The molecule has 0 saturated heterocycles. The lowest BCUT2D eigenvalue weighted by Gasteiger charge is -2.13. The summed E-state index contributed by atoms with van der Waals surface area (Å²) in [6.07, 6.45) is 2.97. The fourth-order valence-corrected chi connectivity index (χ4v) is 3.64. The summed E-state index contributed by atoms with van der Waals surface area (Å²) in [5, 5.41) is 0. The van der Waals surface area contributed by atoms with Crippen LogP contribution in [0.1, 0.15) is 30.9 Å². The van der Waals surface area contributed by atoms with E-state index in [4.69, 9.17) is 0 Å². The molecule has 0 unspecified atom stereocenters. The number of allylic oxidation sites excluding steroid dienone is 1. The molecule has 4 rings (SSSR count). The van der Waals surface area contributed by atoms with Gasteiger partial charge in [-0.1, -0.05) is 50.3 Å². The second kappa shape index (κ2) is 8.18. The molecule has 7 heteroatoms. The zero-order valence-corrected chi connectivity index (χ0v) is 17.5. The van der Waals surface area contributed by atoms with E-state index in [2.05, 4.69) is 25.4 Å². The highest BCUT2D eigenvalue weighted by Crippen LogP contribution is 2.19. The number of aromatic nitrogens is 4. The van der Waals surface area contributed by atoms with E-state index in [0.717, 1.165) is 10.1 Å². The van der Waals surface area contributed by atoms with E-state index in [0.29, 0.717) is 17.2 Å². The number of imidazole rings is 1. The maximum Gasteiger partial charge on any atom is 0.337 e. The summed E-state index contributed by atoms with van der Waals surface area (Å²) < 4.78 is 18.3. The highest BCUT2D eigenvalue weighted by molar-refractivity contribution is 5.72. The number of fused-ring (bicyclic) bond motifs is 1. The maximum absolute atomic E-state index is 14.2. The van der Waals surface area contributed by atoms with Crippen molar-refractivity contribution in [2.45, 2.75) is 32.9 Å². The Kier molecular flexibility index (Phi) is 5.42. The largest absolute Gasteiger partial charge is 0.337 e. The van der Waals surface area contributed by atoms with Crippen molar-refractivity contribution in [1.29, 1.82) is 0 Å². The lowest BCUT2D eigenvalue weighted by atomic mass is 10.0. The van der Waals surface area contributed by atoms with Crippen molar-refractivity contribution in [1.82, 2.24) is 18.7 Å². The fourth-order valence-electron chi connectivity index (χ4n) is 3.64. The van der Waals surface area contributed by atoms with Gasteiger partial charge in [0.15, 0.2) is 11.2 Å². The lowest BCUT2D eigenvalue weighted by molar-refractivity contribution is 0.600. The summed E-state index contributed by atoms with van der Waals surface area (Å²) in [7, 11) is 0. The summed E-state index contributed by atoms with van der Waals surface area (Å²) in [6.45, 7) is 8.02. The molecular weight excluding hydrogens is 395 g/mol. The molecule has 6 nitrogen and oxygen atoms in total. The van der Waals surface area contributed by atoms with Crippen LogP contribution in [0.25, 0.3) is 16.9 Å². The molecule has 2 aromatic heterocycles. The first-order valence-corrected chi connectivity index (χ1v) is 10.1. The van der Waals surface area contributed by atoms with Gasteiger partial charge in [0.25, 0.3) is 5.56 Å². The Morgan fingerprint density at radius 1 is 1.10 bits per heavy atom. The van der Waals surface area contributed by atoms with Crippen LogP contribution in [-0.4, -0.2) is 18.7 Å². The van der Waals surface area contributed by atoms with Crippen LogP contribution in [0.4, 0.5) is 4.39 Å². The smallest absolute Gasteiger partial charge is 0.320 e. The Morgan fingerprint density at radius 3 is 2.45 bits per heavy atom. The molecule has 0 N–H and O–H groups in total. The second-order valence-corrected chi connectivity index (χ2v) is 7.70. The van der Waals surface area contributed by atoms with Crippen LogP contribution in [0.15, 0.2) is 77.1 Å². The summed E-state index contributed by atoms with van der Waals surface area (Å²) in [5.41, 5.74) is 1.66. The van der Waals surface area contributed by atoms with Crippen molar-refractivity contribution in [3.8, 4) is 5.69 Å². The Balaban J connectivity index is 1.97. The van der Waals surface area contributed by atoms with Crippen LogP contribution in [0.5, 0.6) is 0 Å². The van der Waals surface area contributed by atoms with E-state index in [1.165, 1.54) is 23.0 Å². The van der Waals surface area contributed by atoms with E-state index >= 15 is 0 Å². The molecule has 0 aliphatic heterocycles. The molecule has 0 aliphatic carbocycles. The average Bonchev–Trinajstić information content (AvgIpc) is 3.16. The molecule has 2 aromatic carbocycles. The summed E-state index contributed by atoms with van der Waals surface area (Å²) in [4.78, 5) is 30.7. The first-order valence-electron chi connectivity index (χ1n) is 10.1. The predicted octanol–water partition coefficient (Wildman–Crippen LogP) is 3.85. The molecule has 158 valence electrons. The third kappa shape index (κ3) is 3.63. The van der Waals surface area contributed by atoms with Gasteiger partial charge < -0.3 is 4.57 Å². The lowest BCUT2D eigenvalue weighted by Crippen LogP contribution is -2.39. The third-order valence-electron chi connectivity index (χ3n) is 5.33. The standard InChI is InChI=1S/C24H23FN4O2/c1-4-13-28-23(30)21-22(26-15-27(21)14-18-7-5-6-8-20(18)25)29(24(28)31)19-11-9-17(10-12-19)16(2)3/h4-12,15-16H,1,13-14H2,2-3H3. The number of hydrogen-bond donors (Lipinski definition) is 0. The molecule has 0 bridgehead atoms. The van der Waals surface area contributed by atoms with E-state index < -0.39 is 11.2 Å². The number of hydrogen-bond acceptors (Lipinski definition) is 3. The summed E-state index contributed by atoms with van der Waals surface area (Å²) in [6, 6.07) is 14.0. The van der Waals surface area contributed by atoms with Crippen molar-refractivity contribution in [2.75, 3.05) is 0 Å². The average molecular weight is 418 g/mol. The van der Waals surface area contributed by atoms with Crippen molar-refractivity contribution in [3.63, 3.8) is 0 Å². The Morgan fingerprint density at radius 2 is 1.81 bits per heavy atom. The molecule has 0 spiro atoms. The van der Waals surface area contributed by atoms with E-state index in [9.17, 15) is 14.0 Å². The van der Waals surface area contributed by atoms with Crippen molar-refractivity contribution in [2.24, 2.45) is 0 Å². The minimum atomic E-state index is -0.495. The minimum Gasteiger partial charge on any atom is -0.320 e. The molecular formula is C24H23FN4O2. The van der Waals surface area contributed by atoms with Crippen LogP contribution < -0.4 is 11.2 Å². The Bertz CT molecular complexity index is 1380. The summed E-state index contributed by atoms with van der Waals surface area (Å²) in [5.74, 6) is -0.0196. The number of halogens is 1. The van der Waals surface area contributed by atoms with Gasteiger partial charge in [-0.05, 0) is 29.7 Å². The van der Waals surface area contributed by atoms with E-state index in [1.54, 1.807) is 22.8 Å². The third-order valence-corrected chi connectivity index (χ3v) is 5.33. The van der Waals surface area contributed by atoms with Gasteiger partial charge in [-0.15, -0.1) is 6.58 Å². The molecule has 0 amide bonds. The van der Waals surface area contributed by atoms with Gasteiger partial charge in [0.05, 0.1) is 18.6 Å². The number of benzene rings is 2. The van der Waals surface area contributed by atoms with Gasteiger partial charge in [-0.2, -0.15) is 0 Å². The van der Waals surface area contributed by atoms with Crippen LogP contribution >= 0.6 is 0 Å². The van der Waals surface area contributed by atoms with Gasteiger partial charge in [0.1, 0.15) is 5.82 Å². The number of rotatable bonds is 6. The highest BCUT2D eigenvalue weighted by atomic mass is 19.1. The molecule has 0 fully saturated rings. The van der Waals surface area contributed by atoms with Gasteiger partial charge in [-0.3, -0.25) is 9.36 Å². The quantitative estimate of drug-likeness (QED) is 0.447. The molecule has 4 aromatic rings. The van der Waals surface area contributed by atoms with Crippen LogP contribution in [0.3, 0.4) is 0 Å². The zero-order valence-electron chi connectivity index (χ0n) is 17.5. The first-order chi connectivity index (χ1) is 14.9. The van der Waals surface area contributed by atoms with Crippen molar-refractivity contribution >= 4 is 11.2 Å². The van der Waals surface area contributed by atoms with E-state index in [1.807, 2.05) is 24.3 Å².